The molecule has 0 amide bonds. The number of nitrogens with zero attached hydrogens (tertiary/aromatic N) is 3. The van der Waals surface area contributed by atoms with Crippen LogP contribution in [0.2, 0.25) is 0 Å². The first-order chi connectivity index (χ1) is 13.7. The molecule has 0 spiro atoms. The Morgan fingerprint density at radius 3 is 2.72 bits per heavy atom. The number of rotatable bonds is 7. The largest absolute Gasteiger partial charge is 0.495 e. The predicted octanol–water partition coefficient (Wildman–Crippen LogP) is 3.05. The van der Waals surface area contributed by atoms with Gasteiger partial charge in [0, 0.05) is 37.9 Å². The van der Waals surface area contributed by atoms with Gasteiger partial charge in [-0.2, -0.15) is 0 Å². The van der Waals surface area contributed by atoms with Crippen LogP contribution in [0.15, 0.2) is 47.6 Å². The number of halogens is 1. The van der Waals surface area contributed by atoms with Crippen LogP contribution >= 0.6 is 24.0 Å². The number of aliphatic imine (C=N–C) groups is 1. The molecule has 2 heterocycles. The van der Waals surface area contributed by atoms with Crippen LogP contribution in [0.1, 0.15) is 18.9 Å². The van der Waals surface area contributed by atoms with Gasteiger partial charge in [-0.1, -0.05) is 18.2 Å². The van der Waals surface area contributed by atoms with E-state index < -0.39 is 0 Å². The molecule has 7 nitrogen and oxygen atoms in total. The molecule has 158 valence electrons. The zero-order valence-electron chi connectivity index (χ0n) is 17.2. The maximum atomic E-state index is 5.50. The molecule has 2 aromatic rings. The topological polar surface area (TPSA) is 71.0 Å². The highest BCUT2D eigenvalue weighted by molar-refractivity contribution is 14.0. The Hall–Kier alpha value is -2.23. The number of hydrogen-bond donors (Lipinski definition) is 2. The first-order valence-electron chi connectivity index (χ1n) is 9.65. The number of nitrogens with one attached hydrogen (secondary N) is 2. The van der Waals surface area contributed by atoms with E-state index in [0.29, 0.717) is 18.5 Å². The minimum absolute atomic E-state index is 0. The molecule has 1 unspecified atom stereocenters. The fourth-order valence-corrected chi connectivity index (χ4v) is 3.30. The number of benzene rings is 1. The van der Waals surface area contributed by atoms with Crippen LogP contribution in [0.25, 0.3) is 0 Å². The second-order valence-corrected chi connectivity index (χ2v) is 6.65. The number of pyridine rings is 1. The number of methoxy groups -OCH3 is 2. The molecular formula is C21H30IN5O2. The van der Waals surface area contributed by atoms with E-state index in [1.54, 1.807) is 20.4 Å². The molecule has 0 bridgehead atoms. The zero-order valence-corrected chi connectivity index (χ0v) is 19.6. The number of guanidine groups is 1. The zero-order chi connectivity index (χ0) is 19.8. The standard InChI is InChI=1S/C21H29N5O2.HI/c1-4-22-21(24-14-16-9-10-20(28-3)23-13-16)25-17-11-12-26(15-17)18-7-5-6-8-19(18)27-2;/h5-10,13,17H,4,11-12,14-15H2,1-3H3,(H2,22,24,25);1H. The molecule has 1 saturated heterocycles. The minimum atomic E-state index is 0. The molecule has 0 radical (unpaired) electrons. The third-order valence-electron chi connectivity index (χ3n) is 4.73. The summed E-state index contributed by atoms with van der Waals surface area (Å²) in [6.45, 7) is 5.35. The van der Waals surface area contributed by atoms with Gasteiger partial charge < -0.3 is 25.0 Å². The van der Waals surface area contributed by atoms with Crippen molar-refractivity contribution >= 4 is 35.6 Å². The Morgan fingerprint density at radius 2 is 2.03 bits per heavy atom. The van der Waals surface area contributed by atoms with Gasteiger partial charge in [0.15, 0.2) is 5.96 Å². The monoisotopic (exact) mass is 511 g/mol. The molecule has 1 fully saturated rings. The molecule has 1 aliphatic rings. The van der Waals surface area contributed by atoms with Crippen molar-refractivity contribution < 1.29 is 9.47 Å². The smallest absolute Gasteiger partial charge is 0.212 e. The second-order valence-electron chi connectivity index (χ2n) is 6.65. The minimum Gasteiger partial charge on any atom is -0.495 e. The van der Waals surface area contributed by atoms with Crippen molar-refractivity contribution in [2.75, 3.05) is 38.8 Å². The lowest BCUT2D eigenvalue weighted by atomic mass is 10.2. The third kappa shape index (κ3) is 6.38. The highest BCUT2D eigenvalue weighted by atomic mass is 127. The number of aromatic nitrogens is 1. The second kappa shape index (κ2) is 11.7. The Bertz CT molecular complexity index is 785. The van der Waals surface area contributed by atoms with E-state index in [1.807, 2.05) is 30.3 Å². The molecule has 3 rings (SSSR count). The summed E-state index contributed by atoms with van der Waals surface area (Å²) < 4.78 is 10.6. The van der Waals surface area contributed by atoms with Crippen LogP contribution in [-0.2, 0) is 6.54 Å². The lowest BCUT2D eigenvalue weighted by Gasteiger charge is -2.22. The first kappa shape index (κ1) is 23.1. The predicted molar refractivity (Wildman–Crippen MR) is 128 cm³/mol. The number of hydrogen-bond acceptors (Lipinski definition) is 5. The van der Waals surface area contributed by atoms with Gasteiger partial charge in [0.25, 0.3) is 0 Å². The average molecular weight is 511 g/mol. The van der Waals surface area contributed by atoms with Gasteiger partial charge in [-0.25, -0.2) is 9.98 Å². The van der Waals surface area contributed by atoms with Crippen molar-refractivity contribution in [2.24, 2.45) is 4.99 Å². The first-order valence-corrected chi connectivity index (χ1v) is 9.65. The van der Waals surface area contributed by atoms with Gasteiger partial charge in [0.1, 0.15) is 5.75 Å². The van der Waals surface area contributed by atoms with Crippen LogP contribution in [0.5, 0.6) is 11.6 Å². The van der Waals surface area contributed by atoms with Crippen molar-refractivity contribution in [3.63, 3.8) is 0 Å². The molecule has 1 aromatic carbocycles. The van der Waals surface area contributed by atoms with Crippen LogP contribution in [0.3, 0.4) is 0 Å². The molecule has 1 aliphatic heterocycles. The van der Waals surface area contributed by atoms with Gasteiger partial charge in [0.2, 0.25) is 5.88 Å². The Kier molecular flexibility index (Phi) is 9.30. The van der Waals surface area contributed by atoms with E-state index >= 15 is 0 Å². The molecule has 8 heteroatoms. The van der Waals surface area contributed by atoms with E-state index in [9.17, 15) is 0 Å². The summed E-state index contributed by atoms with van der Waals surface area (Å²) in [4.78, 5) is 11.3. The van der Waals surface area contributed by atoms with Crippen molar-refractivity contribution in [1.82, 2.24) is 15.6 Å². The van der Waals surface area contributed by atoms with Gasteiger partial charge in [-0.3, -0.25) is 0 Å². The summed E-state index contributed by atoms with van der Waals surface area (Å²) in [5.74, 6) is 2.35. The maximum Gasteiger partial charge on any atom is 0.212 e. The van der Waals surface area contributed by atoms with Crippen molar-refractivity contribution in [3.8, 4) is 11.6 Å². The van der Waals surface area contributed by atoms with E-state index in [-0.39, 0.29) is 24.0 Å². The summed E-state index contributed by atoms with van der Waals surface area (Å²) in [7, 11) is 3.33. The van der Waals surface area contributed by atoms with Gasteiger partial charge in [-0.15, -0.1) is 24.0 Å². The fourth-order valence-electron chi connectivity index (χ4n) is 3.30. The molecular weight excluding hydrogens is 481 g/mol. The number of anilines is 1. The summed E-state index contributed by atoms with van der Waals surface area (Å²) in [6, 6.07) is 12.3. The Morgan fingerprint density at radius 1 is 1.21 bits per heavy atom. The van der Waals surface area contributed by atoms with Gasteiger partial charge >= 0.3 is 0 Å². The SMILES string of the molecule is CCNC(=NCc1ccc(OC)nc1)NC1CCN(c2ccccc2OC)C1.I. The van der Waals surface area contributed by atoms with Gasteiger partial charge in [0.05, 0.1) is 26.5 Å². The summed E-state index contributed by atoms with van der Waals surface area (Å²) in [6.07, 6.45) is 2.84. The lowest BCUT2D eigenvalue weighted by molar-refractivity contribution is 0.397. The molecule has 1 atom stereocenters. The van der Waals surface area contributed by atoms with Crippen molar-refractivity contribution in [3.05, 3.63) is 48.2 Å². The number of ether oxygens (including phenoxy) is 2. The highest BCUT2D eigenvalue weighted by Gasteiger charge is 2.25. The van der Waals surface area contributed by atoms with Crippen LogP contribution < -0.4 is 25.0 Å². The van der Waals surface area contributed by atoms with Crippen LogP contribution in [0.4, 0.5) is 5.69 Å². The number of para-hydroxylation sites is 2. The molecule has 0 saturated carbocycles. The summed E-state index contributed by atoms with van der Waals surface area (Å²) >= 11 is 0. The van der Waals surface area contributed by atoms with Gasteiger partial charge in [-0.05, 0) is 31.0 Å². The van der Waals surface area contributed by atoms with E-state index in [2.05, 4.69) is 33.5 Å². The van der Waals surface area contributed by atoms with E-state index in [0.717, 1.165) is 49.0 Å². The highest BCUT2D eigenvalue weighted by Crippen LogP contribution is 2.30. The molecule has 1 aromatic heterocycles. The summed E-state index contributed by atoms with van der Waals surface area (Å²) in [5, 5.41) is 6.89. The van der Waals surface area contributed by atoms with Crippen LogP contribution in [-0.4, -0.2) is 50.8 Å². The van der Waals surface area contributed by atoms with E-state index in [1.165, 1.54) is 0 Å². The Balaban J connectivity index is 0.00000300. The molecule has 0 aliphatic carbocycles. The van der Waals surface area contributed by atoms with E-state index in [4.69, 9.17) is 14.5 Å². The van der Waals surface area contributed by atoms with Crippen LogP contribution in [0, 0.1) is 0 Å². The molecule has 29 heavy (non-hydrogen) atoms. The van der Waals surface area contributed by atoms with Crippen molar-refractivity contribution in [2.45, 2.75) is 25.9 Å². The lowest BCUT2D eigenvalue weighted by Crippen LogP contribution is -2.44. The molecule has 2 N–H and O–H groups in total. The fraction of sp³-hybridized carbons (Fsp3) is 0.429. The third-order valence-corrected chi connectivity index (χ3v) is 4.73. The van der Waals surface area contributed by atoms with Crippen molar-refractivity contribution in [1.29, 1.82) is 0 Å². The maximum absolute atomic E-state index is 5.50. The average Bonchev–Trinajstić information content (AvgIpc) is 3.21. The normalized spacial score (nSPS) is 16.2. The summed E-state index contributed by atoms with van der Waals surface area (Å²) in [5.41, 5.74) is 2.18. The quantitative estimate of drug-likeness (QED) is 0.339. The Labute approximate surface area is 189 Å².